The van der Waals surface area contributed by atoms with Crippen LogP contribution in [-0.4, -0.2) is 74.0 Å². The van der Waals surface area contributed by atoms with Gasteiger partial charge in [0.15, 0.2) is 5.96 Å². The molecule has 26 heavy (non-hydrogen) atoms. The fourth-order valence-electron chi connectivity index (χ4n) is 3.56. The predicted molar refractivity (Wildman–Crippen MR) is 121 cm³/mol. The number of nitrogens with zero attached hydrogens (tertiary/aromatic N) is 2. The zero-order valence-electron chi connectivity index (χ0n) is 17.4. The molecule has 1 aliphatic heterocycles. The highest BCUT2D eigenvalue weighted by Crippen LogP contribution is 2.25. The van der Waals surface area contributed by atoms with Crippen molar-refractivity contribution < 1.29 is 9.84 Å². The molecular weight excluding hydrogens is 443 g/mol. The van der Waals surface area contributed by atoms with Crippen LogP contribution in [0.5, 0.6) is 0 Å². The highest BCUT2D eigenvalue weighted by atomic mass is 127. The summed E-state index contributed by atoms with van der Waals surface area (Å²) in [5.41, 5.74) is -0.596. The van der Waals surface area contributed by atoms with Crippen LogP contribution in [0.2, 0.25) is 0 Å². The van der Waals surface area contributed by atoms with Crippen molar-refractivity contribution in [1.29, 1.82) is 0 Å². The van der Waals surface area contributed by atoms with Crippen LogP contribution in [0.15, 0.2) is 4.99 Å². The van der Waals surface area contributed by atoms with Crippen LogP contribution >= 0.6 is 24.0 Å². The van der Waals surface area contributed by atoms with Gasteiger partial charge < -0.3 is 25.4 Å². The van der Waals surface area contributed by atoms with Crippen LogP contribution in [0, 0.1) is 0 Å². The molecule has 7 heteroatoms. The third-order valence-corrected chi connectivity index (χ3v) is 5.26. The number of hydrogen-bond acceptors (Lipinski definition) is 4. The summed E-state index contributed by atoms with van der Waals surface area (Å²) in [6, 6.07) is 0. The number of aliphatic hydroxyl groups is 1. The van der Waals surface area contributed by atoms with E-state index in [-0.39, 0.29) is 29.5 Å². The molecule has 0 aromatic rings. The monoisotopic (exact) mass is 484 g/mol. The number of ether oxygens (including phenoxy) is 1. The van der Waals surface area contributed by atoms with Crippen LogP contribution in [0.4, 0.5) is 0 Å². The van der Waals surface area contributed by atoms with E-state index >= 15 is 0 Å². The Kier molecular flexibility index (Phi) is 13.1. The lowest BCUT2D eigenvalue weighted by molar-refractivity contribution is -0.00505. The molecule has 0 aromatic heterocycles. The summed E-state index contributed by atoms with van der Waals surface area (Å²) in [6.07, 6.45) is 5.56. The van der Waals surface area contributed by atoms with Crippen LogP contribution < -0.4 is 10.6 Å². The van der Waals surface area contributed by atoms with Gasteiger partial charge in [0, 0.05) is 31.8 Å². The van der Waals surface area contributed by atoms with Gasteiger partial charge in [0.05, 0.1) is 12.1 Å². The first kappa shape index (κ1) is 25.9. The van der Waals surface area contributed by atoms with Gasteiger partial charge >= 0.3 is 0 Å². The van der Waals surface area contributed by atoms with E-state index < -0.39 is 5.60 Å². The van der Waals surface area contributed by atoms with E-state index in [1.165, 1.54) is 0 Å². The van der Waals surface area contributed by atoms with Gasteiger partial charge in [0.25, 0.3) is 0 Å². The van der Waals surface area contributed by atoms with Gasteiger partial charge in [-0.3, -0.25) is 4.99 Å². The Morgan fingerprint density at radius 1 is 1.12 bits per heavy atom. The molecule has 1 fully saturated rings. The molecule has 1 rings (SSSR count). The van der Waals surface area contributed by atoms with Crippen molar-refractivity contribution in [2.45, 2.75) is 70.4 Å². The largest absolute Gasteiger partial charge is 0.388 e. The van der Waals surface area contributed by atoms with Crippen molar-refractivity contribution in [3.8, 4) is 0 Å². The maximum Gasteiger partial charge on any atom is 0.191 e. The Balaban J connectivity index is 0.00000625. The Hall–Kier alpha value is -0.120. The summed E-state index contributed by atoms with van der Waals surface area (Å²) in [5.74, 6) is 0.792. The second kappa shape index (κ2) is 13.1. The van der Waals surface area contributed by atoms with Crippen molar-refractivity contribution >= 4 is 29.9 Å². The standard InChI is InChI=1S/C19H40N4O2.HI/c1-6-9-19(24,10-7-2)16-22-17(20-8-3)21-15-18(23(4)5)11-13-25-14-12-18;/h24H,6-16H2,1-5H3,(H2,20,21,22);1H. The fourth-order valence-corrected chi connectivity index (χ4v) is 3.56. The number of nitrogens with one attached hydrogen (secondary N) is 2. The van der Waals surface area contributed by atoms with Crippen LogP contribution in [-0.2, 0) is 4.74 Å². The Bertz CT molecular complexity index is 393. The summed E-state index contributed by atoms with van der Waals surface area (Å²) in [5, 5.41) is 17.6. The van der Waals surface area contributed by atoms with Crippen molar-refractivity contribution in [2.24, 2.45) is 4.99 Å². The van der Waals surface area contributed by atoms with E-state index in [1.54, 1.807) is 0 Å². The summed E-state index contributed by atoms with van der Waals surface area (Å²) in [4.78, 5) is 6.99. The highest BCUT2D eigenvalue weighted by Gasteiger charge is 2.35. The van der Waals surface area contributed by atoms with Crippen LogP contribution in [0.25, 0.3) is 0 Å². The van der Waals surface area contributed by atoms with Gasteiger partial charge in [-0.15, -0.1) is 24.0 Å². The predicted octanol–water partition coefficient (Wildman–Crippen LogP) is 2.60. The molecule has 0 aliphatic carbocycles. The topological polar surface area (TPSA) is 69.1 Å². The fraction of sp³-hybridized carbons (Fsp3) is 0.947. The van der Waals surface area contributed by atoms with E-state index in [0.717, 1.165) is 70.8 Å². The van der Waals surface area contributed by atoms with E-state index in [0.29, 0.717) is 6.54 Å². The molecule has 3 N–H and O–H groups in total. The minimum atomic E-state index is -0.691. The lowest BCUT2D eigenvalue weighted by atomic mass is 9.88. The molecule has 1 saturated heterocycles. The molecule has 0 unspecified atom stereocenters. The smallest absolute Gasteiger partial charge is 0.191 e. The van der Waals surface area contributed by atoms with Crippen LogP contribution in [0.3, 0.4) is 0 Å². The van der Waals surface area contributed by atoms with E-state index in [2.05, 4.69) is 50.4 Å². The lowest BCUT2D eigenvalue weighted by Crippen LogP contribution is -2.57. The average Bonchev–Trinajstić information content (AvgIpc) is 2.58. The molecule has 0 aromatic carbocycles. The first-order chi connectivity index (χ1) is 11.9. The SMILES string of the molecule is CCCC(O)(CCC)CN=C(NCC)NCC1(N(C)C)CCOCC1.I. The number of rotatable bonds is 10. The Morgan fingerprint density at radius 2 is 1.69 bits per heavy atom. The molecular formula is C19H41IN4O2. The molecule has 0 atom stereocenters. The van der Waals surface area contributed by atoms with Gasteiger partial charge in [-0.05, 0) is 46.7 Å². The van der Waals surface area contributed by atoms with E-state index in [9.17, 15) is 5.11 Å². The molecule has 0 spiro atoms. The normalized spacial score (nSPS) is 17.7. The molecule has 6 nitrogen and oxygen atoms in total. The van der Waals surface area contributed by atoms with Crippen molar-refractivity contribution in [3.05, 3.63) is 0 Å². The van der Waals surface area contributed by atoms with Crippen LogP contribution in [0.1, 0.15) is 59.3 Å². The highest BCUT2D eigenvalue weighted by molar-refractivity contribution is 14.0. The minimum absolute atomic E-state index is 0. The van der Waals surface area contributed by atoms with Gasteiger partial charge in [-0.2, -0.15) is 0 Å². The first-order valence-electron chi connectivity index (χ1n) is 9.91. The summed E-state index contributed by atoms with van der Waals surface area (Å²) >= 11 is 0. The summed E-state index contributed by atoms with van der Waals surface area (Å²) in [7, 11) is 4.27. The molecule has 1 heterocycles. The molecule has 1 aliphatic rings. The summed E-state index contributed by atoms with van der Waals surface area (Å²) in [6.45, 7) is 9.99. The van der Waals surface area contributed by atoms with Gasteiger partial charge in [-0.25, -0.2) is 0 Å². The maximum atomic E-state index is 10.8. The maximum absolute atomic E-state index is 10.8. The van der Waals surface area contributed by atoms with E-state index in [4.69, 9.17) is 9.73 Å². The molecule has 156 valence electrons. The molecule has 0 saturated carbocycles. The molecule has 0 radical (unpaired) electrons. The zero-order valence-corrected chi connectivity index (χ0v) is 19.8. The average molecular weight is 484 g/mol. The number of likely N-dealkylation sites (N-methyl/N-ethyl adjacent to an activating group) is 1. The number of hydrogen-bond donors (Lipinski definition) is 3. The van der Waals surface area contributed by atoms with Crippen molar-refractivity contribution in [2.75, 3.05) is 46.9 Å². The Labute approximate surface area is 177 Å². The van der Waals surface area contributed by atoms with E-state index in [1.807, 2.05) is 0 Å². The molecule has 0 bridgehead atoms. The van der Waals surface area contributed by atoms with Gasteiger partial charge in [0.2, 0.25) is 0 Å². The lowest BCUT2D eigenvalue weighted by Gasteiger charge is -2.43. The number of aliphatic imine (C=N–C) groups is 1. The van der Waals surface area contributed by atoms with Gasteiger partial charge in [0.1, 0.15) is 0 Å². The van der Waals surface area contributed by atoms with Crippen molar-refractivity contribution in [1.82, 2.24) is 15.5 Å². The van der Waals surface area contributed by atoms with Gasteiger partial charge in [-0.1, -0.05) is 26.7 Å². The summed E-state index contributed by atoms with van der Waals surface area (Å²) < 4.78 is 5.54. The third kappa shape index (κ3) is 8.27. The van der Waals surface area contributed by atoms with Crippen molar-refractivity contribution in [3.63, 3.8) is 0 Å². The number of halogens is 1. The third-order valence-electron chi connectivity index (χ3n) is 5.26. The molecule has 0 amide bonds. The second-order valence-electron chi connectivity index (χ2n) is 7.50. The minimum Gasteiger partial charge on any atom is -0.388 e. The second-order valence-corrected chi connectivity index (χ2v) is 7.50. The first-order valence-corrected chi connectivity index (χ1v) is 9.91. The number of guanidine groups is 1. The quantitative estimate of drug-likeness (QED) is 0.253. The Morgan fingerprint density at radius 3 is 2.15 bits per heavy atom. The zero-order chi connectivity index (χ0) is 18.8.